The van der Waals surface area contributed by atoms with Crippen LogP contribution in [0.15, 0.2) is 23.1 Å². The first-order valence-corrected chi connectivity index (χ1v) is 7.21. The third kappa shape index (κ3) is 5.78. The van der Waals surface area contributed by atoms with E-state index in [0.29, 0.717) is 0 Å². The van der Waals surface area contributed by atoms with Crippen LogP contribution in [0.1, 0.15) is 34.6 Å². The average molecular weight is 342 g/mol. The molecule has 0 aliphatic carbocycles. The molecule has 1 aromatic carbocycles. The Hall–Kier alpha value is -0.294. The van der Waals surface area contributed by atoms with Gasteiger partial charge in [-0.25, -0.2) is 9.59 Å². The Kier molecular flexibility index (Phi) is 8.86. The molecule has 9 heteroatoms. The van der Waals surface area contributed by atoms with Gasteiger partial charge >= 0.3 is 63.3 Å². The van der Waals surface area contributed by atoms with Crippen LogP contribution in [-0.2, 0) is 19.6 Å². The molecule has 0 unspecified atom stereocenters. The molecule has 0 aromatic heterocycles. The van der Waals surface area contributed by atoms with Crippen molar-refractivity contribution in [2.45, 2.75) is 18.7 Å². The van der Waals surface area contributed by atoms with Crippen molar-refractivity contribution in [1.82, 2.24) is 0 Å². The fourth-order valence-corrected chi connectivity index (χ4v) is 1.96. The summed E-state index contributed by atoms with van der Waals surface area (Å²) in [7, 11) is -4.49. The van der Waals surface area contributed by atoms with E-state index in [1.165, 1.54) is 0 Å². The van der Waals surface area contributed by atoms with Crippen molar-refractivity contribution >= 4 is 73.4 Å². The van der Waals surface area contributed by atoms with Gasteiger partial charge in [-0.2, -0.15) is 8.42 Å². The maximum atomic E-state index is 11.7. The molecular formula is C12H15KO7S. The number of hydrogen-bond donors (Lipinski definition) is 1. The van der Waals surface area contributed by atoms with Crippen LogP contribution in [0.3, 0.4) is 0 Å². The Morgan fingerprint density at radius 1 is 1.05 bits per heavy atom. The van der Waals surface area contributed by atoms with Crippen LogP contribution in [-0.4, -0.2) is 89.5 Å². The van der Waals surface area contributed by atoms with Gasteiger partial charge in [-0.05, 0) is 32.0 Å². The van der Waals surface area contributed by atoms with Crippen LogP contribution in [0.25, 0.3) is 0 Å². The number of esters is 2. The molecule has 0 radical (unpaired) electrons. The molecule has 0 saturated carbocycles. The molecular weight excluding hydrogens is 327 g/mol. The SMILES string of the molecule is CCOC(=O)c1ccc(S(=O)(=O)O)cc1C(=O)OCC.[KH]. The third-order valence-corrected chi connectivity index (χ3v) is 3.13. The van der Waals surface area contributed by atoms with E-state index in [0.717, 1.165) is 18.2 Å². The zero-order valence-corrected chi connectivity index (χ0v) is 11.8. The molecule has 21 heavy (non-hydrogen) atoms. The Morgan fingerprint density at radius 3 is 1.95 bits per heavy atom. The van der Waals surface area contributed by atoms with Crippen LogP contribution in [0.4, 0.5) is 0 Å². The molecule has 0 bridgehead atoms. The second-order valence-corrected chi connectivity index (χ2v) is 5.04. The van der Waals surface area contributed by atoms with Crippen molar-refractivity contribution in [2.75, 3.05) is 13.2 Å². The average Bonchev–Trinajstić information content (AvgIpc) is 2.37. The molecule has 0 fully saturated rings. The van der Waals surface area contributed by atoms with Gasteiger partial charge in [-0.3, -0.25) is 4.55 Å². The van der Waals surface area contributed by atoms with E-state index in [1.807, 2.05) is 0 Å². The Bertz CT molecular complexity index is 624. The molecule has 1 N–H and O–H groups in total. The van der Waals surface area contributed by atoms with E-state index < -0.39 is 27.0 Å². The number of hydrogen-bond acceptors (Lipinski definition) is 6. The number of benzene rings is 1. The van der Waals surface area contributed by atoms with Gasteiger partial charge in [0.05, 0.1) is 29.2 Å². The van der Waals surface area contributed by atoms with Crippen molar-refractivity contribution in [3.63, 3.8) is 0 Å². The maximum absolute atomic E-state index is 11.7. The van der Waals surface area contributed by atoms with E-state index in [4.69, 9.17) is 14.0 Å². The van der Waals surface area contributed by atoms with Crippen LogP contribution >= 0.6 is 0 Å². The molecule has 0 atom stereocenters. The topological polar surface area (TPSA) is 107 Å². The van der Waals surface area contributed by atoms with Gasteiger partial charge in [0.15, 0.2) is 0 Å². The molecule has 112 valence electrons. The summed E-state index contributed by atoms with van der Waals surface area (Å²) in [5, 5.41) is 0. The molecule has 1 aromatic rings. The first-order chi connectivity index (χ1) is 9.31. The van der Waals surface area contributed by atoms with Gasteiger partial charge in [0.2, 0.25) is 0 Å². The molecule has 0 amide bonds. The number of rotatable bonds is 5. The summed E-state index contributed by atoms with van der Waals surface area (Å²) in [6, 6.07) is 2.97. The molecule has 0 aliphatic heterocycles. The van der Waals surface area contributed by atoms with E-state index in [1.54, 1.807) is 13.8 Å². The fourth-order valence-electron chi connectivity index (χ4n) is 1.45. The van der Waals surface area contributed by atoms with Crippen molar-refractivity contribution < 1.29 is 32.0 Å². The third-order valence-electron chi connectivity index (χ3n) is 2.28. The monoisotopic (exact) mass is 342 g/mol. The Balaban J connectivity index is 0.00000400. The number of ether oxygens (including phenoxy) is 2. The van der Waals surface area contributed by atoms with E-state index in [2.05, 4.69) is 0 Å². The van der Waals surface area contributed by atoms with Crippen molar-refractivity contribution in [3.8, 4) is 0 Å². The first kappa shape index (κ1) is 20.7. The Morgan fingerprint density at radius 2 is 1.52 bits per heavy atom. The van der Waals surface area contributed by atoms with Crippen LogP contribution in [0.5, 0.6) is 0 Å². The predicted octanol–water partition coefficient (Wildman–Crippen LogP) is 0.638. The standard InChI is InChI=1S/C12H14O7S.K.H/c1-3-18-11(13)9-6-5-8(20(15,16)17)7-10(9)12(14)19-4-2;;/h5-7H,3-4H2,1-2H3,(H,15,16,17);;. The van der Waals surface area contributed by atoms with Gasteiger partial charge in [-0.15, -0.1) is 0 Å². The molecule has 0 aliphatic rings. The second kappa shape index (κ2) is 8.98. The van der Waals surface area contributed by atoms with Crippen molar-refractivity contribution in [1.29, 1.82) is 0 Å². The van der Waals surface area contributed by atoms with E-state index >= 15 is 0 Å². The molecule has 0 saturated heterocycles. The molecule has 0 spiro atoms. The minimum absolute atomic E-state index is 0. The van der Waals surface area contributed by atoms with Crippen LogP contribution < -0.4 is 0 Å². The zero-order chi connectivity index (χ0) is 15.3. The number of carbonyl (C=O) groups is 2. The molecule has 0 heterocycles. The summed E-state index contributed by atoms with van der Waals surface area (Å²) < 4.78 is 40.6. The summed E-state index contributed by atoms with van der Waals surface area (Å²) >= 11 is 0. The summed E-state index contributed by atoms with van der Waals surface area (Å²) in [4.78, 5) is 22.9. The van der Waals surface area contributed by atoms with Crippen LogP contribution in [0.2, 0.25) is 0 Å². The second-order valence-electron chi connectivity index (χ2n) is 3.62. The summed E-state index contributed by atoms with van der Waals surface area (Å²) in [6.45, 7) is 3.31. The Labute approximate surface area is 165 Å². The summed E-state index contributed by atoms with van der Waals surface area (Å²) in [5.74, 6) is -1.65. The normalized spacial score (nSPS) is 10.4. The van der Waals surface area contributed by atoms with Gasteiger partial charge in [-0.1, -0.05) is 0 Å². The summed E-state index contributed by atoms with van der Waals surface area (Å²) in [5.41, 5.74) is -0.405. The van der Waals surface area contributed by atoms with Crippen molar-refractivity contribution in [3.05, 3.63) is 29.3 Å². The first-order valence-electron chi connectivity index (χ1n) is 5.77. The van der Waals surface area contributed by atoms with E-state index in [9.17, 15) is 18.0 Å². The van der Waals surface area contributed by atoms with Gasteiger partial charge < -0.3 is 9.47 Å². The van der Waals surface area contributed by atoms with Gasteiger partial charge in [0.1, 0.15) is 0 Å². The van der Waals surface area contributed by atoms with Crippen LogP contribution in [0, 0.1) is 0 Å². The van der Waals surface area contributed by atoms with Gasteiger partial charge in [0.25, 0.3) is 10.1 Å². The van der Waals surface area contributed by atoms with E-state index in [-0.39, 0.29) is 75.7 Å². The van der Waals surface area contributed by atoms with Crippen molar-refractivity contribution in [2.24, 2.45) is 0 Å². The minimum atomic E-state index is -4.49. The fraction of sp³-hybridized carbons (Fsp3) is 0.333. The number of carbonyl (C=O) groups excluding carboxylic acids is 2. The predicted molar refractivity (Wildman–Crippen MR) is 75.3 cm³/mol. The summed E-state index contributed by atoms with van der Waals surface area (Å²) in [6.07, 6.45) is 0. The van der Waals surface area contributed by atoms with Gasteiger partial charge in [0, 0.05) is 0 Å². The molecule has 7 nitrogen and oxygen atoms in total. The zero-order valence-electron chi connectivity index (χ0n) is 11.0. The molecule has 1 rings (SSSR count). The quantitative estimate of drug-likeness (QED) is 0.475.